The summed E-state index contributed by atoms with van der Waals surface area (Å²) in [5, 5.41) is 3.29. The Morgan fingerprint density at radius 1 is 1.26 bits per heavy atom. The molecule has 1 fully saturated rings. The maximum absolute atomic E-state index is 12.8. The quantitative estimate of drug-likeness (QED) is 0.943. The van der Waals surface area contributed by atoms with Crippen LogP contribution in [0, 0.1) is 6.92 Å². The molecule has 0 spiro atoms. The van der Waals surface area contributed by atoms with Gasteiger partial charge in [0.2, 0.25) is 5.91 Å². The van der Waals surface area contributed by atoms with Crippen molar-refractivity contribution in [3.8, 4) is 0 Å². The zero-order valence-corrected chi connectivity index (χ0v) is 13.8. The first-order valence-corrected chi connectivity index (χ1v) is 8.07. The lowest BCUT2D eigenvalue weighted by atomic mass is 10.2. The van der Waals surface area contributed by atoms with Gasteiger partial charge in [0.25, 0.3) is 0 Å². The summed E-state index contributed by atoms with van der Waals surface area (Å²) < 4.78 is 0. The van der Waals surface area contributed by atoms with Crippen LogP contribution < -0.4 is 10.2 Å². The lowest BCUT2D eigenvalue weighted by Gasteiger charge is -2.21. The summed E-state index contributed by atoms with van der Waals surface area (Å²) in [6.07, 6.45) is 1.61. The van der Waals surface area contributed by atoms with Crippen LogP contribution in [-0.2, 0) is 11.2 Å². The number of aryl methyl sites for hydroxylation is 2. The number of nitrogens with zero attached hydrogens (tertiary/aromatic N) is 3. The summed E-state index contributed by atoms with van der Waals surface area (Å²) >= 11 is 0. The van der Waals surface area contributed by atoms with E-state index in [9.17, 15) is 4.79 Å². The summed E-state index contributed by atoms with van der Waals surface area (Å²) in [6, 6.07) is 11.7. The second kappa shape index (κ2) is 6.36. The minimum Gasteiger partial charge on any atom is -0.358 e. The molecule has 23 heavy (non-hydrogen) atoms. The fourth-order valence-corrected chi connectivity index (χ4v) is 3.09. The molecule has 1 saturated heterocycles. The van der Waals surface area contributed by atoms with Gasteiger partial charge in [-0.3, -0.25) is 4.79 Å². The fourth-order valence-electron chi connectivity index (χ4n) is 3.09. The first kappa shape index (κ1) is 15.5. The van der Waals surface area contributed by atoms with Crippen molar-refractivity contribution in [1.82, 2.24) is 9.97 Å². The van der Waals surface area contributed by atoms with E-state index in [0.29, 0.717) is 0 Å². The highest BCUT2D eigenvalue weighted by molar-refractivity contribution is 6.01. The zero-order chi connectivity index (χ0) is 16.4. The van der Waals surface area contributed by atoms with E-state index >= 15 is 0 Å². The molecule has 1 aliphatic rings. The first-order chi connectivity index (χ1) is 11.1. The van der Waals surface area contributed by atoms with Gasteiger partial charge in [-0.1, -0.05) is 25.1 Å². The molecule has 0 bridgehead atoms. The topological polar surface area (TPSA) is 58.1 Å². The van der Waals surface area contributed by atoms with E-state index < -0.39 is 0 Å². The lowest BCUT2D eigenvalue weighted by molar-refractivity contribution is -0.117. The van der Waals surface area contributed by atoms with Crippen molar-refractivity contribution in [2.75, 3.05) is 10.2 Å². The predicted molar refractivity (Wildman–Crippen MR) is 91.6 cm³/mol. The summed E-state index contributed by atoms with van der Waals surface area (Å²) in [7, 11) is 0. The predicted octanol–water partition coefficient (Wildman–Crippen LogP) is 2.95. The van der Waals surface area contributed by atoms with Gasteiger partial charge in [0.05, 0.1) is 0 Å². The number of carbonyl (C=O) groups is 1. The summed E-state index contributed by atoms with van der Waals surface area (Å²) in [5.41, 5.74) is 1.93. The standard InChI is InChI=1S/C18H22N4O/c1-4-14-11-17(20-13(3)19-14)21-16-10-12(2)22(18(16)23)15-8-6-5-7-9-15/h5-9,11-12,16H,4,10H2,1-3H3,(H,19,20,21). The summed E-state index contributed by atoms with van der Waals surface area (Å²) in [6.45, 7) is 6.01. The van der Waals surface area contributed by atoms with Gasteiger partial charge >= 0.3 is 0 Å². The van der Waals surface area contributed by atoms with Crippen molar-refractivity contribution in [2.24, 2.45) is 0 Å². The number of hydrogen-bond donors (Lipinski definition) is 1. The molecule has 1 aliphatic heterocycles. The number of hydrogen-bond acceptors (Lipinski definition) is 4. The largest absolute Gasteiger partial charge is 0.358 e. The highest BCUT2D eigenvalue weighted by Crippen LogP contribution is 2.28. The van der Waals surface area contributed by atoms with Gasteiger partial charge in [0.1, 0.15) is 17.7 Å². The molecule has 1 amide bonds. The van der Waals surface area contributed by atoms with Crippen LogP contribution in [0.15, 0.2) is 36.4 Å². The molecule has 0 aliphatic carbocycles. The van der Waals surface area contributed by atoms with Gasteiger partial charge in [-0.05, 0) is 38.8 Å². The molecule has 5 heteroatoms. The maximum atomic E-state index is 12.8. The maximum Gasteiger partial charge on any atom is 0.249 e. The van der Waals surface area contributed by atoms with Crippen molar-refractivity contribution in [3.63, 3.8) is 0 Å². The number of aromatic nitrogens is 2. The number of benzene rings is 1. The monoisotopic (exact) mass is 310 g/mol. The van der Waals surface area contributed by atoms with E-state index in [-0.39, 0.29) is 18.0 Å². The van der Waals surface area contributed by atoms with E-state index in [0.717, 1.165) is 35.9 Å². The molecule has 1 aromatic carbocycles. The van der Waals surface area contributed by atoms with Crippen LogP contribution in [0.25, 0.3) is 0 Å². The third-order valence-corrected chi connectivity index (χ3v) is 4.16. The fraction of sp³-hybridized carbons (Fsp3) is 0.389. The number of rotatable bonds is 4. The Bertz CT molecular complexity index is 701. The Morgan fingerprint density at radius 3 is 2.70 bits per heavy atom. The van der Waals surface area contributed by atoms with Crippen LogP contribution in [0.4, 0.5) is 11.5 Å². The van der Waals surface area contributed by atoms with Gasteiger partial charge in [-0.25, -0.2) is 9.97 Å². The summed E-state index contributed by atoms with van der Waals surface area (Å²) in [5.74, 6) is 1.55. The van der Waals surface area contributed by atoms with E-state index in [4.69, 9.17) is 0 Å². The van der Waals surface area contributed by atoms with E-state index in [1.54, 1.807) is 0 Å². The number of nitrogens with one attached hydrogen (secondary N) is 1. The third-order valence-electron chi connectivity index (χ3n) is 4.16. The smallest absolute Gasteiger partial charge is 0.249 e. The molecule has 2 aromatic rings. The number of amides is 1. The average molecular weight is 310 g/mol. The minimum absolute atomic E-state index is 0.0954. The highest BCUT2D eigenvalue weighted by atomic mass is 16.2. The molecule has 0 saturated carbocycles. The molecule has 2 atom stereocenters. The molecule has 1 N–H and O–H groups in total. The Hall–Kier alpha value is -2.43. The Kier molecular flexibility index (Phi) is 4.28. The number of anilines is 2. The van der Waals surface area contributed by atoms with Crippen molar-refractivity contribution in [2.45, 2.75) is 45.7 Å². The van der Waals surface area contributed by atoms with E-state index in [1.165, 1.54) is 0 Å². The third kappa shape index (κ3) is 3.18. The molecular formula is C18H22N4O. The molecule has 0 radical (unpaired) electrons. The van der Waals surface area contributed by atoms with Gasteiger partial charge in [-0.2, -0.15) is 0 Å². The van der Waals surface area contributed by atoms with Crippen molar-refractivity contribution in [3.05, 3.63) is 47.9 Å². The zero-order valence-electron chi connectivity index (χ0n) is 13.8. The molecule has 2 unspecified atom stereocenters. The molecule has 2 heterocycles. The van der Waals surface area contributed by atoms with E-state index in [2.05, 4.69) is 29.1 Å². The van der Waals surface area contributed by atoms with Gasteiger partial charge in [0, 0.05) is 23.5 Å². The normalized spacial score (nSPS) is 20.8. The second-order valence-electron chi connectivity index (χ2n) is 5.97. The van der Waals surface area contributed by atoms with Gasteiger partial charge in [-0.15, -0.1) is 0 Å². The Labute approximate surface area is 136 Å². The van der Waals surface area contributed by atoms with Crippen LogP contribution in [-0.4, -0.2) is 28.0 Å². The van der Waals surface area contributed by atoms with Crippen LogP contribution in [0.5, 0.6) is 0 Å². The van der Waals surface area contributed by atoms with Crippen molar-refractivity contribution < 1.29 is 4.79 Å². The van der Waals surface area contributed by atoms with Crippen molar-refractivity contribution >= 4 is 17.4 Å². The molecule has 120 valence electrons. The van der Waals surface area contributed by atoms with Crippen LogP contribution >= 0.6 is 0 Å². The SMILES string of the molecule is CCc1cc(NC2CC(C)N(c3ccccc3)C2=O)nc(C)n1. The van der Waals surface area contributed by atoms with E-state index in [1.807, 2.05) is 48.2 Å². The summed E-state index contributed by atoms with van der Waals surface area (Å²) in [4.78, 5) is 23.4. The van der Waals surface area contributed by atoms with Crippen LogP contribution in [0.2, 0.25) is 0 Å². The highest BCUT2D eigenvalue weighted by Gasteiger charge is 2.38. The second-order valence-corrected chi connectivity index (χ2v) is 5.97. The molecule has 3 rings (SSSR count). The number of carbonyl (C=O) groups excluding carboxylic acids is 1. The van der Waals surface area contributed by atoms with Crippen LogP contribution in [0.1, 0.15) is 31.8 Å². The molecule has 5 nitrogen and oxygen atoms in total. The van der Waals surface area contributed by atoms with Crippen LogP contribution in [0.3, 0.4) is 0 Å². The minimum atomic E-state index is -0.246. The Morgan fingerprint density at radius 2 is 2.00 bits per heavy atom. The van der Waals surface area contributed by atoms with Crippen molar-refractivity contribution in [1.29, 1.82) is 0 Å². The first-order valence-electron chi connectivity index (χ1n) is 8.07. The average Bonchev–Trinajstić information content (AvgIpc) is 2.81. The lowest BCUT2D eigenvalue weighted by Crippen LogP contribution is -2.35. The molecule has 1 aromatic heterocycles. The van der Waals surface area contributed by atoms with Gasteiger partial charge < -0.3 is 10.2 Å². The molecular weight excluding hydrogens is 288 g/mol. The Balaban J connectivity index is 1.80. The number of para-hydroxylation sites is 1. The van der Waals surface area contributed by atoms with Gasteiger partial charge in [0.15, 0.2) is 0 Å².